The van der Waals surface area contributed by atoms with E-state index in [0.29, 0.717) is 13.0 Å². The first-order chi connectivity index (χ1) is 15.4. The molecule has 0 saturated carbocycles. The van der Waals surface area contributed by atoms with Gasteiger partial charge in [-0.15, -0.1) is 0 Å². The number of ketones is 1. The summed E-state index contributed by atoms with van der Waals surface area (Å²) in [7, 11) is 3.06. The number of amides is 4. The van der Waals surface area contributed by atoms with Gasteiger partial charge in [-0.1, -0.05) is 26.0 Å². The highest BCUT2D eigenvalue weighted by Crippen LogP contribution is 2.17. The van der Waals surface area contributed by atoms with Crippen molar-refractivity contribution in [3.63, 3.8) is 0 Å². The van der Waals surface area contributed by atoms with Crippen LogP contribution in [0.5, 0.6) is 0 Å². The highest BCUT2D eigenvalue weighted by atomic mass is 16.3. The Hall–Kier alpha value is -3.01. The molecule has 0 bridgehead atoms. The van der Waals surface area contributed by atoms with E-state index in [4.69, 9.17) is 5.11 Å². The molecule has 0 aromatic rings. The van der Waals surface area contributed by atoms with Crippen LogP contribution < -0.4 is 10.6 Å². The number of rotatable bonds is 6. The lowest BCUT2D eigenvalue weighted by Crippen LogP contribution is -2.59. The predicted octanol–water partition coefficient (Wildman–Crippen LogP) is -0.227. The van der Waals surface area contributed by atoms with Crippen molar-refractivity contribution in [2.75, 3.05) is 20.6 Å². The van der Waals surface area contributed by atoms with E-state index in [1.165, 1.54) is 43.0 Å². The Balaban J connectivity index is 3.07. The van der Waals surface area contributed by atoms with Gasteiger partial charge in [0.2, 0.25) is 23.6 Å². The number of allylic oxidation sites excluding steroid dienone is 2. The molecule has 0 unspecified atom stereocenters. The van der Waals surface area contributed by atoms with Crippen LogP contribution in [0.1, 0.15) is 40.5 Å². The maximum absolute atomic E-state index is 13.2. The summed E-state index contributed by atoms with van der Waals surface area (Å²) in [5.74, 6) is -2.32. The fourth-order valence-corrected chi connectivity index (χ4v) is 3.43. The summed E-state index contributed by atoms with van der Waals surface area (Å²) < 4.78 is 0. The Morgan fingerprint density at radius 3 is 2.24 bits per heavy atom. The molecule has 0 aromatic carbocycles. The molecule has 1 aliphatic heterocycles. The highest BCUT2D eigenvalue weighted by molar-refractivity contribution is 5.96. The van der Waals surface area contributed by atoms with Crippen molar-refractivity contribution in [2.45, 2.75) is 64.8 Å². The summed E-state index contributed by atoms with van der Waals surface area (Å²) in [6.07, 6.45) is 4.54. The van der Waals surface area contributed by atoms with Crippen LogP contribution in [-0.2, 0) is 24.0 Å². The molecule has 10 heteroatoms. The summed E-state index contributed by atoms with van der Waals surface area (Å²) in [6.45, 7) is 6.89. The summed E-state index contributed by atoms with van der Waals surface area (Å²) in [5.41, 5.74) is 0. The Morgan fingerprint density at radius 1 is 1.06 bits per heavy atom. The van der Waals surface area contributed by atoms with Gasteiger partial charge in [-0.05, 0) is 38.7 Å². The summed E-state index contributed by atoms with van der Waals surface area (Å²) in [5, 5.41) is 14.6. The maximum atomic E-state index is 13.2. The first kappa shape index (κ1) is 28.0. The molecule has 4 atom stereocenters. The third kappa shape index (κ3) is 8.12. The average Bonchev–Trinajstić information content (AvgIpc) is 2.75. The van der Waals surface area contributed by atoms with Crippen molar-refractivity contribution in [2.24, 2.45) is 5.92 Å². The van der Waals surface area contributed by atoms with Gasteiger partial charge in [0.1, 0.15) is 24.2 Å². The van der Waals surface area contributed by atoms with Crippen LogP contribution in [0, 0.1) is 5.92 Å². The van der Waals surface area contributed by atoms with E-state index >= 15 is 0 Å². The molecule has 1 fully saturated rings. The molecule has 4 amide bonds. The largest absolute Gasteiger partial charge is 0.385 e. The third-order valence-electron chi connectivity index (χ3n) is 5.57. The minimum Gasteiger partial charge on any atom is -0.385 e. The minimum absolute atomic E-state index is 0.222. The lowest BCUT2D eigenvalue weighted by Gasteiger charge is -2.37. The minimum atomic E-state index is -1.13. The fraction of sp³-hybridized carbons (Fsp3) is 0.609. The van der Waals surface area contributed by atoms with Crippen LogP contribution in [0.2, 0.25) is 0 Å². The molecular weight excluding hydrogens is 428 g/mol. The number of hydrogen-bond donors (Lipinski definition) is 3. The SMILES string of the molecule is CC(C)[C@H]1C(=O)N(C)[C@@H](C)C(=O)NCCC[C@H](NC(=O)/C=C/C=C/C(=O)[C@@H](C)O)C(=O)N1C. The molecule has 0 radical (unpaired) electrons. The normalized spacial score (nSPS) is 24.6. The standard InChI is InChI=1S/C23H36N4O6/c1-14(2)20-23(33)26(5)15(3)21(31)24-13-9-10-17(22(32)27(20)6)25-19(30)12-8-7-11-18(29)16(4)28/h7-8,11-12,14-17,20,28H,9-10,13H2,1-6H3,(H,24,31)(H,25,30)/b11-7+,12-8+/t15-,16+,17-,20-/m0/s1. The third-order valence-corrected chi connectivity index (χ3v) is 5.57. The molecule has 33 heavy (non-hydrogen) atoms. The Morgan fingerprint density at radius 2 is 1.67 bits per heavy atom. The molecule has 1 saturated heterocycles. The van der Waals surface area contributed by atoms with Crippen molar-refractivity contribution in [3.8, 4) is 0 Å². The van der Waals surface area contributed by atoms with Crippen LogP contribution >= 0.6 is 0 Å². The van der Waals surface area contributed by atoms with Gasteiger partial charge in [0.25, 0.3) is 0 Å². The topological polar surface area (TPSA) is 136 Å². The van der Waals surface area contributed by atoms with E-state index in [1.54, 1.807) is 6.92 Å². The second-order valence-corrected chi connectivity index (χ2v) is 8.55. The Kier molecular flexibility index (Phi) is 10.9. The number of carbonyl (C=O) groups is 5. The van der Waals surface area contributed by atoms with Crippen molar-refractivity contribution in [3.05, 3.63) is 24.3 Å². The molecule has 1 heterocycles. The quantitative estimate of drug-likeness (QED) is 0.367. The smallest absolute Gasteiger partial charge is 0.246 e. The number of likely N-dealkylation sites (N-methyl/N-ethyl adjacent to an activating group) is 2. The second kappa shape index (κ2) is 12.9. The number of hydrogen-bond acceptors (Lipinski definition) is 6. The van der Waals surface area contributed by atoms with Crippen LogP contribution in [-0.4, -0.2) is 89.2 Å². The van der Waals surface area contributed by atoms with E-state index in [1.807, 2.05) is 13.8 Å². The van der Waals surface area contributed by atoms with Crippen LogP contribution in [0.3, 0.4) is 0 Å². The highest BCUT2D eigenvalue weighted by Gasteiger charge is 2.37. The second-order valence-electron chi connectivity index (χ2n) is 8.55. The number of aliphatic hydroxyl groups is 1. The molecule has 3 N–H and O–H groups in total. The molecule has 184 valence electrons. The molecule has 1 aliphatic rings. The summed E-state index contributed by atoms with van der Waals surface area (Å²) >= 11 is 0. The van der Waals surface area contributed by atoms with Crippen LogP contribution in [0.25, 0.3) is 0 Å². The first-order valence-electron chi connectivity index (χ1n) is 11.1. The van der Waals surface area contributed by atoms with E-state index in [-0.39, 0.29) is 24.2 Å². The van der Waals surface area contributed by atoms with Crippen LogP contribution in [0.15, 0.2) is 24.3 Å². The summed E-state index contributed by atoms with van der Waals surface area (Å²) in [6, 6.07) is -2.39. The number of aliphatic hydroxyl groups excluding tert-OH is 1. The zero-order valence-electron chi connectivity index (χ0n) is 20.2. The van der Waals surface area contributed by atoms with Gasteiger partial charge in [-0.25, -0.2) is 0 Å². The molecule has 0 spiro atoms. The van der Waals surface area contributed by atoms with Gasteiger partial charge < -0.3 is 25.5 Å². The van der Waals surface area contributed by atoms with Crippen molar-refractivity contribution >= 4 is 29.4 Å². The number of nitrogens with one attached hydrogen (secondary N) is 2. The van der Waals surface area contributed by atoms with Crippen molar-refractivity contribution in [1.82, 2.24) is 20.4 Å². The molecule has 0 aliphatic carbocycles. The van der Waals surface area contributed by atoms with Gasteiger partial charge in [0.15, 0.2) is 5.78 Å². The van der Waals surface area contributed by atoms with Gasteiger partial charge in [-0.3, -0.25) is 24.0 Å². The van der Waals surface area contributed by atoms with E-state index < -0.39 is 41.8 Å². The molecule has 0 aromatic heterocycles. The zero-order valence-corrected chi connectivity index (χ0v) is 20.2. The van der Waals surface area contributed by atoms with Gasteiger partial charge in [0, 0.05) is 26.7 Å². The van der Waals surface area contributed by atoms with Crippen LogP contribution in [0.4, 0.5) is 0 Å². The van der Waals surface area contributed by atoms with Crippen molar-refractivity contribution in [1.29, 1.82) is 0 Å². The number of nitrogens with zero attached hydrogens (tertiary/aromatic N) is 2. The average molecular weight is 465 g/mol. The number of carbonyl (C=O) groups excluding carboxylic acids is 5. The lowest BCUT2D eigenvalue weighted by atomic mass is 9.98. The first-order valence-corrected chi connectivity index (χ1v) is 11.1. The van der Waals surface area contributed by atoms with Gasteiger partial charge in [0.05, 0.1) is 0 Å². The zero-order chi connectivity index (χ0) is 25.3. The van der Waals surface area contributed by atoms with Crippen molar-refractivity contribution < 1.29 is 29.1 Å². The van der Waals surface area contributed by atoms with E-state index in [9.17, 15) is 24.0 Å². The van der Waals surface area contributed by atoms with E-state index in [2.05, 4.69) is 10.6 Å². The summed E-state index contributed by atoms with van der Waals surface area (Å²) in [4.78, 5) is 65.2. The fourth-order valence-electron chi connectivity index (χ4n) is 3.43. The Labute approximate surface area is 195 Å². The predicted molar refractivity (Wildman–Crippen MR) is 123 cm³/mol. The van der Waals surface area contributed by atoms with Gasteiger partial charge in [-0.2, -0.15) is 0 Å². The maximum Gasteiger partial charge on any atom is 0.246 e. The Bertz CT molecular complexity index is 805. The molecular formula is C23H36N4O6. The molecule has 1 rings (SSSR count). The van der Waals surface area contributed by atoms with E-state index in [0.717, 1.165) is 12.2 Å². The molecule has 10 nitrogen and oxygen atoms in total. The lowest BCUT2D eigenvalue weighted by molar-refractivity contribution is -0.150. The van der Waals surface area contributed by atoms with Gasteiger partial charge >= 0.3 is 0 Å². The monoisotopic (exact) mass is 464 g/mol.